The zero-order valence-corrected chi connectivity index (χ0v) is 9.25. The van der Waals surface area contributed by atoms with E-state index in [9.17, 15) is 5.11 Å². The Morgan fingerprint density at radius 2 is 2.08 bits per heavy atom. The summed E-state index contributed by atoms with van der Waals surface area (Å²) in [5.74, 6) is 0. The SMILES string of the molecule is CCN1CC(CO)N(C)CC1(C)C. The molecule has 0 saturated carbocycles. The van der Waals surface area contributed by atoms with Crippen LogP contribution in [0, 0.1) is 0 Å². The third kappa shape index (κ3) is 2.22. The van der Waals surface area contributed by atoms with Gasteiger partial charge in [0.15, 0.2) is 0 Å². The van der Waals surface area contributed by atoms with E-state index in [1.807, 2.05) is 0 Å². The van der Waals surface area contributed by atoms with Gasteiger partial charge < -0.3 is 5.11 Å². The number of hydrogen-bond donors (Lipinski definition) is 1. The summed E-state index contributed by atoms with van der Waals surface area (Å²) < 4.78 is 0. The molecule has 3 nitrogen and oxygen atoms in total. The highest BCUT2D eigenvalue weighted by Crippen LogP contribution is 2.22. The molecule has 1 saturated heterocycles. The van der Waals surface area contributed by atoms with Crippen LogP contribution in [0.15, 0.2) is 0 Å². The zero-order valence-electron chi connectivity index (χ0n) is 9.25. The normalized spacial score (nSPS) is 30.7. The molecule has 1 fully saturated rings. The second-order valence-electron chi connectivity index (χ2n) is 4.60. The molecule has 1 aliphatic heterocycles. The van der Waals surface area contributed by atoms with E-state index in [0.717, 1.165) is 19.6 Å². The summed E-state index contributed by atoms with van der Waals surface area (Å²) in [5, 5.41) is 9.18. The van der Waals surface area contributed by atoms with Crippen molar-refractivity contribution in [2.75, 3.05) is 33.3 Å². The first-order valence-electron chi connectivity index (χ1n) is 5.07. The summed E-state index contributed by atoms with van der Waals surface area (Å²) in [6.07, 6.45) is 0. The molecule has 1 N–H and O–H groups in total. The molecule has 1 unspecified atom stereocenters. The van der Waals surface area contributed by atoms with Gasteiger partial charge in [0.05, 0.1) is 6.61 Å². The summed E-state index contributed by atoms with van der Waals surface area (Å²) in [6, 6.07) is 0.313. The summed E-state index contributed by atoms with van der Waals surface area (Å²) in [5.41, 5.74) is 0.245. The lowest BCUT2D eigenvalue weighted by Crippen LogP contribution is -2.62. The molecule has 0 aliphatic carbocycles. The van der Waals surface area contributed by atoms with Crippen molar-refractivity contribution in [1.29, 1.82) is 0 Å². The molecule has 1 atom stereocenters. The Labute approximate surface area is 81.3 Å². The molecule has 0 aromatic heterocycles. The summed E-state index contributed by atoms with van der Waals surface area (Å²) in [7, 11) is 2.09. The molecular formula is C10H22N2O. The fraction of sp³-hybridized carbons (Fsp3) is 1.00. The van der Waals surface area contributed by atoms with E-state index < -0.39 is 0 Å². The van der Waals surface area contributed by atoms with Gasteiger partial charge in [0, 0.05) is 24.7 Å². The summed E-state index contributed by atoms with van der Waals surface area (Å²) in [6.45, 7) is 10.1. The predicted octanol–water partition coefficient (Wildman–Crippen LogP) is 0.393. The molecule has 0 radical (unpaired) electrons. The number of aliphatic hydroxyl groups is 1. The van der Waals surface area contributed by atoms with E-state index in [1.54, 1.807) is 0 Å². The number of nitrogens with zero attached hydrogens (tertiary/aromatic N) is 2. The van der Waals surface area contributed by atoms with Crippen LogP contribution in [0.3, 0.4) is 0 Å². The second-order valence-corrected chi connectivity index (χ2v) is 4.60. The Kier molecular flexibility index (Phi) is 3.33. The van der Waals surface area contributed by atoms with Crippen LogP contribution in [-0.2, 0) is 0 Å². The molecule has 1 rings (SSSR count). The van der Waals surface area contributed by atoms with Crippen LogP contribution in [-0.4, -0.2) is 59.8 Å². The van der Waals surface area contributed by atoms with Crippen LogP contribution in [0.25, 0.3) is 0 Å². The van der Waals surface area contributed by atoms with Gasteiger partial charge in [-0.25, -0.2) is 0 Å². The molecule has 1 heterocycles. The van der Waals surface area contributed by atoms with Gasteiger partial charge in [-0.15, -0.1) is 0 Å². The number of aliphatic hydroxyl groups excluding tert-OH is 1. The van der Waals surface area contributed by atoms with Gasteiger partial charge in [-0.3, -0.25) is 9.80 Å². The lowest BCUT2D eigenvalue weighted by molar-refractivity contribution is -0.0189. The van der Waals surface area contributed by atoms with Crippen molar-refractivity contribution in [3.05, 3.63) is 0 Å². The van der Waals surface area contributed by atoms with Gasteiger partial charge >= 0.3 is 0 Å². The minimum Gasteiger partial charge on any atom is -0.395 e. The quantitative estimate of drug-likeness (QED) is 0.676. The smallest absolute Gasteiger partial charge is 0.0599 e. The molecule has 0 spiro atoms. The zero-order chi connectivity index (χ0) is 10.1. The molecule has 0 amide bonds. The molecule has 0 bridgehead atoms. The monoisotopic (exact) mass is 186 g/mol. The van der Waals surface area contributed by atoms with Gasteiger partial charge in [-0.1, -0.05) is 6.92 Å². The van der Waals surface area contributed by atoms with Gasteiger partial charge in [0.1, 0.15) is 0 Å². The van der Waals surface area contributed by atoms with Crippen molar-refractivity contribution in [3.8, 4) is 0 Å². The fourth-order valence-electron chi connectivity index (χ4n) is 2.23. The van der Waals surface area contributed by atoms with Crippen LogP contribution >= 0.6 is 0 Å². The Bertz CT molecular complexity index is 170. The minimum atomic E-state index is 0.245. The van der Waals surface area contributed by atoms with Crippen molar-refractivity contribution in [1.82, 2.24) is 9.80 Å². The Hall–Kier alpha value is -0.120. The van der Waals surface area contributed by atoms with Crippen molar-refractivity contribution in [3.63, 3.8) is 0 Å². The highest BCUT2D eigenvalue weighted by molar-refractivity contribution is 4.92. The molecular weight excluding hydrogens is 164 g/mol. The topological polar surface area (TPSA) is 26.7 Å². The maximum Gasteiger partial charge on any atom is 0.0599 e. The highest BCUT2D eigenvalue weighted by Gasteiger charge is 2.35. The van der Waals surface area contributed by atoms with Crippen LogP contribution in [0.2, 0.25) is 0 Å². The van der Waals surface area contributed by atoms with Crippen molar-refractivity contribution in [2.24, 2.45) is 0 Å². The van der Waals surface area contributed by atoms with Crippen molar-refractivity contribution in [2.45, 2.75) is 32.4 Å². The van der Waals surface area contributed by atoms with Gasteiger partial charge in [-0.2, -0.15) is 0 Å². The van der Waals surface area contributed by atoms with E-state index in [0.29, 0.717) is 6.04 Å². The van der Waals surface area contributed by atoms with Crippen LogP contribution < -0.4 is 0 Å². The largest absolute Gasteiger partial charge is 0.395 e. The van der Waals surface area contributed by atoms with Gasteiger partial charge in [-0.05, 0) is 27.4 Å². The highest BCUT2D eigenvalue weighted by atomic mass is 16.3. The molecule has 0 aromatic rings. The molecule has 0 aromatic carbocycles. The Morgan fingerprint density at radius 3 is 2.54 bits per heavy atom. The summed E-state index contributed by atoms with van der Waals surface area (Å²) >= 11 is 0. The van der Waals surface area contributed by atoms with Crippen molar-refractivity contribution < 1.29 is 5.11 Å². The maximum atomic E-state index is 9.18. The van der Waals surface area contributed by atoms with Crippen molar-refractivity contribution >= 4 is 0 Å². The lowest BCUT2D eigenvalue weighted by atomic mass is 9.96. The van der Waals surface area contributed by atoms with Crippen LogP contribution in [0.4, 0.5) is 0 Å². The first-order chi connectivity index (χ1) is 6.01. The van der Waals surface area contributed by atoms with Gasteiger partial charge in [0.2, 0.25) is 0 Å². The molecule has 1 aliphatic rings. The molecule has 13 heavy (non-hydrogen) atoms. The van der Waals surface area contributed by atoms with E-state index in [2.05, 4.69) is 37.6 Å². The summed E-state index contributed by atoms with van der Waals surface area (Å²) in [4.78, 5) is 4.69. The van der Waals surface area contributed by atoms with E-state index in [4.69, 9.17) is 0 Å². The third-order valence-electron chi connectivity index (χ3n) is 3.14. The van der Waals surface area contributed by atoms with Crippen LogP contribution in [0.1, 0.15) is 20.8 Å². The number of hydrogen-bond acceptors (Lipinski definition) is 3. The lowest BCUT2D eigenvalue weighted by Gasteiger charge is -2.49. The molecule has 78 valence electrons. The number of likely N-dealkylation sites (N-methyl/N-ethyl adjacent to an activating group) is 2. The first kappa shape index (κ1) is 11.0. The Morgan fingerprint density at radius 1 is 1.46 bits per heavy atom. The third-order valence-corrected chi connectivity index (χ3v) is 3.14. The van der Waals surface area contributed by atoms with Crippen LogP contribution in [0.5, 0.6) is 0 Å². The van der Waals surface area contributed by atoms with Gasteiger partial charge in [0.25, 0.3) is 0 Å². The predicted molar refractivity (Wildman–Crippen MR) is 54.8 cm³/mol. The maximum absolute atomic E-state index is 9.18. The van der Waals surface area contributed by atoms with E-state index in [1.165, 1.54) is 0 Å². The average Bonchev–Trinajstić information content (AvgIpc) is 2.03. The fourth-order valence-corrected chi connectivity index (χ4v) is 2.23. The molecule has 3 heteroatoms. The van der Waals surface area contributed by atoms with E-state index in [-0.39, 0.29) is 12.1 Å². The average molecular weight is 186 g/mol. The number of piperazine rings is 1. The standard InChI is InChI=1S/C10H22N2O/c1-5-12-6-9(7-13)11(4)8-10(12,2)3/h9,13H,5-8H2,1-4H3. The Balaban J connectivity index is 2.66. The first-order valence-corrected chi connectivity index (χ1v) is 5.07. The minimum absolute atomic E-state index is 0.245. The number of rotatable bonds is 2. The second kappa shape index (κ2) is 3.95. The van der Waals surface area contributed by atoms with E-state index >= 15 is 0 Å².